The third-order valence-corrected chi connectivity index (χ3v) is 7.00. The van der Waals surface area contributed by atoms with E-state index in [1.807, 2.05) is 6.92 Å². The number of benzene rings is 2. The highest BCUT2D eigenvalue weighted by Crippen LogP contribution is 2.45. The molecule has 1 amide bonds. The molecule has 0 saturated carbocycles. The molecule has 1 N–H and O–H groups in total. The van der Waals surface area contributed by atoms with Crippen LogP contribution in [0.3, 0.4) is 0 Å². The number of aryl methyl sites for hydroxylation is 1. The van der Waals surface area contributed by atoms with E-state index in [0.717, 1.165) is 11.3 Å². The van der Waals surface area contributed by atoms with Crippen LogP contribution in [0, 0.1) is 6.92 Å². The summed E-state index contributed by atoms with van der Waals surface area (Å²) in [6.07, 6.45) is 1.61. The van der Waals surface area contributed by atoms with Crippen molar-refractivity contribution in [1.29, 1.82) is 0 Å². The van der Waals surface area contributed by atoms with Crippen LogP contribution in [0.25, 0.3) is 5.76 Å². The highest BCUT2D eigenvalue weighted by Gasteiger charge is 2.48. The number of carbonyl (C=O) groups excluding carboxylic acids is 3. The van der Waals surface area contributed by atoms with Gasteiger partial charge in [0.1, 0.15) is 12.4 Å². The third kappa shape index (κ3) is 4.90. The number of ketones is 2. The number of aromatic nitrogens is 1. The summed E-state index contributed by atoms with van der Waals surface area (Å²) < 4.78 is 11.5. The van der Waals surface area contributed by atoms with E-state index in [9.17, 15) is 19.5 Å². The first-order valence-electron chi connectivity index (χ1n) is 11.6. The molecule has 0 spiro atoms. The van der Waals surface area contributed by atoms with E-state index in [2.05, 4.69) is 11.6 Å². The molecular weight excluding hydrogens is 492 g/mol. The quantitative estimate of drug-likeness (QED) is 0.136. The highest BCUT2D eigenvalue weighted by molar-refractivity contribution is 7.18. The molecule has 0 aliphatic carbocycles. The van der Waals surface area contributed by atoms with Crippen molar-refractivity contribution < 1.29 is 29.0 Å². The van der Waals surface area contributed by atoms with Crippen LogP contribution in [0.2, 0.25) is 0 Å². The lowest BCUT2D eigenvalue weighted by molar-refractivity contribution is -0.132. The third-order valence-electron chi connectivity index (χ3n) is 5.74. The number of rotatable bonds is 9. The predicted octanol–water partition coefficient (Wildman–Crippen LogP) is 5.24. The number of hydrogen-bond donors (Lipinski definition) is 1. The van der Waals surface area contributed by atoms with Crippen molar-refractivity contribution in [1.82, 2.24) is 4.98 Å². The van der Waals surface area contributed by atoms with E-state index in [0.29, 0.717) is 39.8 Å². The van der Waals surface area contributed by atoms with Gasteiger partial charge in [-0.15, -0.1) is 0 Å². The van der Waals surface area contributed by atoms with Crippen molar-refractivity contribution in [2.45, 2.75) is 26.8 Å². The molecule has 8 nitrogen and oxygen atoms in total. The Balaban J connectivity index is 1.95. The van der Waals surface area contributed by atoms with E-state index in [4.69, 9.17) is 9.47 Å². The van der Waals surface area contributed by atoms with Crippen LogP contribution in [0.5, 0.6) is 11.5 Å². The van der Waals surface area contributed by atoms with E-state index in [-0.39, 0.29) is 28.9 Å². The predicted molar refractivity (Wildman–Crippen MR) is 141 cm³/mol. The van der Waals surface area contributed by atoms with Gasteiger partial charge < -0.3 is 14.6 Å². The minimum Gasteiger partial charge on any atom is -0.507 e. The van der Waals surface area contributed by atoms with E-state index < -0.39 is 17.7 Å². The molecule has 1 aliphatic heterocycles. The minimum absolute atomic E-state index is 0.0874. The van der Waals surface area contributed by atoms with Crippen molar-refractivity contribution in [2.24, 2.45) is 0 Å². The Morgan fingerprint density at radius 3 is 2.51 bits per heavy atom. The highest BCUT2D eigenvalue weighted by atomic mass is 32.1. The molecule has 2 heterocycles. The average Bonchev–Trinajstić information content (AvgIpc) is 3.40. The van der Waals surface area contributed by atoms with E-state index in [1.165, 1.54) is 11.8 Å². The van der Waals surface area contributed by atoms with Crippen LogP contribution in [-0.2, 0) is 9.59 Å². The zero-order valence-corrected chi connectivity index (χ0v) is 21.5. The van der Waals surface area contributed by atoms with Crippen LogP contribution < -0.4 is 14.4 Å². The fourth-order valence-corrected chi connectivity index (χ4v) is 5.13. The Kier molecular flexibility index (Phi) is 7.54. The van der Waals surface area contributed by atoms with Gasteiger partial charge in [0, 0.05) is 12.5 Å². The Morgan fingerprint density at radius 1 is 1.16 bits per heavy atom. The van der Waals surface area contributed by atoms with Gasteiger partial charge in [-0.05, 0) is 31.5 Å². The molecule has 4 rings (SSSR count). The number of hydrogen-bond acceptors (Lipinski definition) is 8. The lowest BCUT2D eigenvalue weighted by atomic mass is 9.95. The number of thiazole rings is 1. The first kappa shape index (κ1) is 25.8. The number of aliphatic hydroxyl groups is 1. The Labute approximate surface area is 218 Å². The summed E-state index contributed by atoms with van der Waals surface area (Å²) in [6.45, 7) is 9.19. The largest absolute Gasteiger partial charge is 0.507 e. The molecule has 3 aromatic rings. The maximum absolute atomic E-state index is 13.4. The zero-order valence-electron chi connectivity index (χ0n) is 20.7. The standard InChI is InChI=1S/C28H26N2O6S/c1-5-14-36-20-13-12-19(15-21(20)35-6-2)23-22(24(32)18-10-8-7-9-11-18)25(33)27(34)30(23)28-29-16(3)26(37-28)17(4)31/h5,7-13,15,23,32H,1,6,14H2,2-4H3. The smallest absolute Gasteiger partial charge is 0.301 e. The molecule has 1 fully saturated rings. The van der Waals surface area contributed by atoms with Gasteiger partial charge in [0.15, 0.2) is 22.4 Å². The second kappa shape index (κ2) is 10.8. The van der Waals surface area contributed by atoms with Crippen molar-refractivity contribution >= 4 is 39.7 Å². The second-order valence-electron chi connectivity index (χ2n) is 8.24. The summed E-state index contributed by atoms with van der Waals surface area (Å²) >= 11 is 1.03. The molecule has 2 aromatic carbocycles. The van der Waals surface area contributed by atoms with Gasteiger partial charge in [-0.2, -0.15) is 0 Å². The van der Waals surface area contributed by atoms with Gasteiger partial charge in [0.05, 0.1) is 28.8 Å². The fourth-order valence-electron chi connectivity index (χ4n) is 4.14. The number of carbonyl (C=O) groups is 3. The van der Waals surface area contributed by atoms with Crippen LogP contribution in [0.15, 0.2) is 66.8 Å². The fraction of sp³-hybridized carbons (Fsp3) is 0.214. The Morgan fingerprint density at radius 2 is 1.89 bits per heavy atom. The van der Waals surface area contributed by atoms with Gasteiger partial charge in [0.2, 0.25) is 0 Å². The number of amides is 1. The van der Waals surface area contributed by atoms with Gasteiger partial charge in [-0.1, -0.05) is 60.4 Å². The van der Waals surface area contributed by atoms with Gasteiger partial charge in [-0.25, -0.2) is 4.98 Å². The molecular formula is C28H26N2O6S. The van der Waals surface area contributed by atoms with Gasteiger partial charge in [-0.3, -0.25) is 19.3 Å². The SMILES string of the molecule is C=CCOc1ccc(C2C(=C(O)c3ccccc3)C(=O)C(=O)N2c2nc(C)c(C(C)=O)s2)cc1OCC. The summed E-state index contributed by atoms with van der Waals surface area (Å²) in [5, 5.41) is 11.4. The van der Waals surface area contributed by atoms with Crippen LogP contribution >= 0.6 is 11.3 Å². The number of nitrogens with zero attached hydrogens (tertiary/aromatic N) is 2. The van der Waals surface area contributed by atoms with Gasteiger partial charge >= 0.3 is 5.91 Å². The molecule has 190 valence electrons. The molecule has 37 heavy (non-hydrogen) atoms. The lowest BCUT2D eigenvalue weighted by Gasteiger charge is -2.24. The molecule has 0 bridgehead atoms. The number of ether oxygens (including phenoxy) is 2. The lowest BCUT2D eigenvalue weighted by Crippen LogP contribution is -2.29. The summed E-state index contributed by atoms with van der Waals surface area (Å²) in [5.74, 6) is -1.33. The molecule has 0 radical (unpaired) electrons. The summed E-state index contributed by atoms with van der Waals surface area (Å²) in [4.78, 5) is 44.9. The normalized spacial score (nSPS) is 16.6. The topological polar surface area (TPSA) is 106 Å². The van der Waals surface area contributed by atoms with Gasteiger partial charge in [0.25, 0.3) is 5.78 Å². The molecule has 1 aromatic heterocycles. The zero-order chi connectivity index (χ0) is 26.7. The summed E-state index contributed by atoms with van der Waals surface area (Å²) in [6, 6.07) is 12.6. The van der Waals surface area contributed by atoms with Crippen molar-refractivity contribution in [2.75, 3.05) is 18.1 Å². The maximum Gasteiger partial charge on any atom is 0.301 e. The first-order valence-corrected chi connectivity index (χ1v) is 12.4. The molecule has 9 heteroatoms. The molecule has 1 aliphatic rings. The van der Waals surface area contributed by atoms with Crippen LogP contribution in [0.4, 0.5) is 5.13 Å². The van der Waals surface area contributed by atoms with E-state index >= 15 is 0 Å². The number of anilines is 1. The molecule has 1 unspecified atom stereocenters. The number of aliphatic hydroxyl groups excluding tert-OH is 1. The van der Waals surface area contributed by atoms with Crippen LogP contribution in [0.1, 0.15) is 46.4 Å². The first-order chi connectivity index (χ1) is 17.8. The van der Waals surface area contributed by atoms with Crippen molar-refractivity contribution in [3.8, 4) is 11.5 Å². The molecule has 1 saturated heterocycles. The van der Waals surface area contributed by atoms with Crippen molar-refractivity contribution in [3.05, 3.63) is 88.5 Å². The van der Waals surface area contributed by atoms with Crippen LogP contribution in [-0.4, -0.2) is 40.8 Å². The second-order valence-corrected chi connectivity index (χ2v) is 9.22. The summed E-state index contributed by atoms with van der Waals surface area (Å²) in [7, 11) is 0. The Hall–Kier alpha value is -4.24. The molecule has 1 atom stereocenters. The average molecular weight is 519 g/mol. The van der Waals surface area contributed by atoms with Crippen molar-refractivity contribution in [3.63, 3.8) is 0 Å². The maximum atomic E-state index is 13.4. The van der Waals surface area contributed by atoms with E-state index in [1.54, 1.807) is 61.5 Å². The summed E-state index contributed by atoms with van der Waals surface area (Å²) in [5.41, 5.74) is 1.26. The Bertz CT molecular complexity index is 1410. The monoisotopic (exact) mass is 518 g/mol. The minimum atomic E-state index is -1.02. The number of Topliss-reactive ketones (excluding diaryl/α,β-unsaturated/α-hetero) is 2.